The maximum atomic E-state index is 2.39. The number of nitrogens with zero attached hydrogens (tertiary/aromatic N) is 2. The van der Waals surface area contributed by atoms with Gasteiger partial charge in [0.15, 0.2) is 0 Å². The van der Waals surface area contributed by atoms with Crippen LogP contribution in [0.5, 0.6) is 0 Å². The number of hydrogen-bond donors (Lipinski definition) is 0. The van der Waals surface area contributed by atoms with Gasteiger partial charge in [0.1, 0.15) is 0 Å². The second-order valence-electron chi connectivity index (χ2n) is 6.09. The summed E-state index contributed by atoms with van der Waals surface area (Å²) in [6, 6.07) is 19.2. The molecule has 0 aliphatic carbocycles. The first-order chi connectivity index (χ1) is 10.1. The molecule has 0 spiro atoms. The molecule has 108 valence electrons. The summed E-state index contributed by atoms with van der Waals surface area (Å²) in [6.07, 6.45) is 4.36. The molecule has 0 unspecified atom stereocenters. The van der Waals surface area contributed by atoms with E-state index in [9.17, 15) is 0 Å². The van der Waals surface area contributed by atoms with Crippen molar-refractivity contribution in [2.75, 3.05) is 11.6 Å². The normalized spacial score (nSPS) is 14.8. The van der Waals surface area contributed by atoms with Crippen LogP contribution in [0.25, 0.3) is 0 Å². The van der Waals surface area contributed by atoms with Crippen molar-refractivity contribution in [1.29, 1.82) is 0 Å². The number of rotatable bonds is 3. The first-order valence-electron chi connectivity index (χ1n) is 7.42. The molecule has 2 aromatic rings. The van der Waals surface area contributed by atoms with Crippen LogP contribution in [0.4, 0.5) is 5.69 Å². The van der Waals surface area contributed by atoms with Gasteiger partial charge in [-0.1, -0.05) is 42.5 Å². The summed E-state index contributed by atoms with van der Waals surface area (Å²) in [5.74, 6) is 0. The van der Waals surface area contributed by atoms with Crippen molar-refractivity contribution < 1.29 is 0 Å². The second kappa shape index (κ2) is 5.28. The monoisotopic (exact) mass is 278 g/mol. The molecular formula is C19H22N2. The predicted molar refractivity (Wildman–Crippen MR) is 89.0 cm³/mol. The molecule has 0 saturated carbocycles. The van der Waals surface area contributed by atoms with Crippen molar-refractivity contribution >= 4 is 5.69 Å². The van der Waals surface area contributed by atoms with Crippen molar-refractivity contribution in [2.24, 2.45) is 0 Å². The summed E-state index contributed by atoms with van der Waals surface area (Å²) in [5, 5.41) is 0. The number of para-hydroxylation sites is 1. The molecule has 0 saturated heterocycles. The maximum Gasteiger partial charge on any atom is 0.0949 e. The first-order valence-corrected chi connectivity index (χ1v) is 7.42. The maximum absolute atomic E-state index is 2.39. The van der Waals surface area contributed by atoms with Gasteiger partial charge in [0.25, 0.3) is 0 Å². The van der Waals surface area contributed by atoms with E-state index in [0.29, 0.717) is 0 Å². The van der Waals surface area contributed by atoms with E-state index in [2.05, 4.69) is 97.6 Å². The molecule has 0 amide bonds. The molecule has 2 heteroatoms. The van der Waals surface area contributed by atoms with E-state index in [0.717, 1.165) is 6.67 Å². The zero-order chi connectivity index (χ0) is 14.9. The lowest BCUT2D eigenvalue weighted by molar-refractivity contribution is 0.201. The number of benzene rings is 2. The molecule has 0 fully saturated rings. The molecule has 0 N–H and O–H groups in total. The van der Waals surface area contributed by atoms with Crippen LogP contribution in [-0.2, 0) is 5.54 Å². The van der Waals surface area contributed by atoms with Gasteiger partial charge >= 0.3 is 0 Å². The van der Waals surface area contributed by atoms with E-state index in [-0.39, 0.29) is 5.54 Å². The van der Waals surface area contributed by atoms with Crippen molar-refractivity contribution in [3.05, 3.63) is 78.1 Å². The van der Waals surface area contributed by atoms with Crippen LogP contribution in [0.15, 0.2) is 67.0 Å². The SMILES string of the molecule is Cc1ccccc1C(C)(C)N1C=CN(c2ccccc2)C1. The predicted octanol–water partition coefficient (Wildman–Crippen LogP) is 4.48. The Hall–Kier alpha value is -2.22. The molecule has 3 rings (SSSR count). The third-order valence-corrected chi connectivity index (χ3v) is 4.34. The standard InChI is InChI=1S/C19H22N2/c1-16-9-7-8-12-18(16)19(2,3)21-14-13-20(15-21)17-10-5-4-6-11-17/h4-14H,15H2,1-3H3. The lowest BCUT2D eigenvalue weighted by Crippen LogP contribution is -2.40. The molecule has 2 nitrogen and oxygen atoms in total. The molecule has 0 radical (unpaired) electrons. The molecular weight excluding hydrogens is 256 g/mol. The van der Waals surface area contributed by atoms with Gasteiger partial charge in [0.05, 0.1) is 12.2 Å². The zero-order valence-electron chi connectivity index (χ0n) is 13.0. The molecule has 21 heavy (non-hydrogen) atoms. The summed E-state index contributed by atoms with van der Waals surface area (Å²) < 4.78 is 0. The number of anilines is 1. The fourth-order valence-corrected chi connectivity index (χ4v) is 2.98. The highest BCUT2D eigenvalue weighted by Crippen LogP contribution is 2.33. The van der Waals surface area contributed by atoms with Crippen molar-refractivity contribution in [3.63, 3.8) is 0 Å². The van der Waals surface area contributed by atoms with E-state index >= 15 is 0 Å². The summed E-state index contributed by atoms with van der Waals surface area (Å²) >= 11 is 0. The Kier molecular flexibility index (Phi) is 3.46. The Morgan fingerprint density at radius 1 is 0.857 bits per heavy atom. The Bertz CT molecular complexity index is 644. The van der Waals surface area contributed by atoms with Crippen LogP contribution < -0.4 is 4.90 Å². The van der Waals surface area contributed by atoms with Crippen molar-refractivity contribution in [3.8, 4) is 0 Å². The second-order valence-corrected chi connectivity index (χ2v) is 6.09. The largest absolute Gasteiger partial charge is 0.349 e. The first kappa shape index (κ1) is 13.7. The van der Waals surface area contributed by atoms with E-state index in [1.54, 1.807) is 0 Å². The summed E-state index contributed by atoms with van der Waals surface area (Å²) in [4.78, 5) is 4.67. The summed E-state index contributed by atoms with van der Waals surface area (Å²) in [5.41, 5.74) is 3.93. The summed E-state index contributed by atoms with van der Waals surface area (Å²) in [7, 11) is 0. The fourth-order valence-electron chi connectivity index (χ4n) is 2.98. The van der Waals surface area contributed by atoms with Gasteiger partial charge in [0.2, 0.25) is 0 Å². The van der Waals surface area contributed by atoms with Gasteiger partial charge in [-0.15, -0.1) is 0 Å². The third kappa shape index (κ3) is 2.54. The Morgan fingerprint density at radius 3 is 2.24 bits per heavy atom. The molecule has 1 aliphatic heterocycles. The summed E-state index contributed by atoms with van der Waals surface area (Å²) in [6.45, 7) is 7.64. The highest BCUT2D eigenvalue weighted by atomic mass is 15.4. The number of aryl methyl sites for hydroxylation is 1. The molecule has 0 atom stereocenters. The lowest BCUT2D eigenvalue weighted by Gasteiger charge is -2.38. The van der Waals surface area contributed by atoms with Crippen LogP contribution in [0, 0.1) is 6.92 Å². The van der Waals surface area contributed by atoms with Gasteiger partial charge in [-0.3, -0.25) is 0 Å². The van der Waals surface area contributed by atoms with Crippen LogP contribution in [0.3, 0.4) is 0 Å². The Labute approximate surface area is 127 Å². The van der Waals surface area contributed by atoms with Gasteiger partial charge in [-0.2, -0.15) is 0 Å². The smallest absolute Gasteiger partial charge is 0.0949 e. The average Bonchev–Trinajstić information content (AvgIpc) is 2.99. The van der Waals surface area contributed by atoms with Crippen LogP contribution in [-0.4, -0.2) is 11.6 Å². The van der Waals surface area contributed by atoms with Crippen molar-refractivity contribution in [2.45, 2.75) is 26.3 Å². The minimum absolute atomic E-state index is 0.0224. The fraction of sp³-hybridized carbons (Fsp3) is 0.263. The Morgan fingerprint density at radius 2 is 1.52 bits per heavy atom. The molecule has 0 bridgehead atoms. The molecule has 1 aliphatic rings. The zero-order valence-corrected chi connectivity index (χ0v) is 13.0. The Balaban J connectivity index is 1.83. The quantitative estimate of drug-likeness (QED) is 0.816. The molecule has 0 aromatic heterocycles. The lowest BCUT2D eigenvalue weighted by atomic mass is 9.89. The number of hydrogen-bond acceptors (Lipinski definition) is 2. The molecule has 2 aromatic carbocycles. The van der Waals surface area contributed by atoms with E-state index in [1.165, 1.54) is 16.8 Å². The van der Waals surface area contributed by atoms with Crippen LogP contribution in [0.1, 0.15) is 25.0 Å². The van der Waals surface area contributed by atoms with E-state index in [1.807, 2.05) is 0 Å². The minimum atomic E-state index is -0.0224. The highest BCUT2D eigenvalue weighted by Gasteiger charge is 2.31. The van der Waals surface area contributed by atoms with Gasteiger partial charge in [-0.25, -0.2) is 0 Å². The van der Waals surface area contributed by atoms with E-state index < -0.39 is 0 Å². The van der Waals surface area contributed by atoms with E-state index in [4.69, 9.17) is 0 Å². The van der Waals surface area contributed by atoms with Crippen LogP contribution >= 0.6 is 0 Å². The van der Waals surface area contributed by atoms with Crippen LogP contribution in [0.2, 0.25) is 0 Å². The van der Waals surface area contributed by atoms with Gasteiger partial charge in [0, 0.05) is 18.1 Å². The minimum Gasteiger partial charge on any atom is -0.349 e. The third-order valence-electron chi connectivity index (χ3n) is 4.34. The average molecular weight is 278 g/mol. The van der Waals surface area contributed by atoms with Gasteiger partial charge in [-0.05, 0) is 44.0 Å². The van der Waals surface area contributed by atoms with Gasteiger partial charge < -0.3 is 9.80 Å². The van der Waals surface area contributed by atoms with Crippen molar-refractivity contribution in [1.82, 2.24) is 4.90 Å². The topological polar surface area (TPSA) is 6.48 Å². The highest BCUT2D eigenvalue weighted by molar-refractivity contribution is 5.50. The molecule has 1 heterocycles.